The van der Waals surface area contributed by atoms with Gasteiger partial charge in [0.1, 0.15) is 0 Å². The number of aliphatic carboxylic acids is 1. The van der Waals surface area contributed by atoms with Gasteiger partial charge in [0.05, 0.1) is 0 Å². The minimum absolute atomic E-state index is 0.561. The quantitative estimate of drug-likeness (QED) is 0.893. The molecule has 98 valence electrons. The van der Waals surface area contributed by atoms with Crippen LogP contribution >= 0.6 is 11.6 Å². The number of hydrogen-bond acceptors (Lipinski definition) is 2. The average Bonchev–Trinajstić information content (AvgIpc) is 2.39. The monoisotopic (exact) mass is 275 g/mol. The zero-order chi connectivity index (χ0) is 13.9. The number of nitrogens with one attached hydrogen (secondary N) is 1. The fraction of sp³-hybridized carbons (Fsp3) is 0.133. The highest BCUT2D eigenvalue weighted by molar-refractivity contribution is 6.30. The van der Waals surface area contributed by atoms with Crippen LogP contribution in [0.15, 0.2) is 54.6 Å². The number of hydrogen-bond donors (Lipinski definition) is 2. The van der Waals surface area contributed by atoms with E-state index < -0.39 is 11.5 Å². The van der Waals surface area contributed by atoms with Crippen LogP contribution in [0.25, 0.3) is 0 Å². The Morgan fingerprint density at radius 2 is 1.84 bits per heavy atom. The van der Waals surface area contributed by atoms with Crippen LogP contribution in [0.2, 0.25) is 5.02 Å². The molecular formula is C15H14ClNO2. The molecule has 0 spiro atoms. The van der Waals surface area contributed by atoms with Crippen molar-refractivity contribution in [1.29, 1.82) is 0 Å². The molecule has 0 saturated heterocycles. The van der Waals surface area contributed by atoms with Crippen molar-refractivity contribution in [2.24, 2.45) is 0 Å². The molecule has 2 aromatic carbocycles. The maximum atomic E-state index is 11.6. The first-order valence-electron chi connectivity index (χ1n) is 5.85. The molecule has 2 aromatic rings. The Bertz CT molecular complexity index is 586. The van der Waals surface area contributed by atoms with Gasteiger partial charge in [-0.3, -0.25) is 0 Å². The second kappa shape index (κ2) is 5.33. The molecule has 0 bridgehead atoms. The molecule has 0 fully saturated rings. The van der Waals surface area contributed by atoms with Crippen molar-refractivity contribution < 1.29 is 9.90 Å². The Kier molecular flexibility index (Phi) is 3.76. The Morgan fingerprint density at radius 1 is 1.16 bits per heavy atom. The first-order chi connectivity index (χ1) is 9.02. The Labute approximate surface area is 116 Å². The summed E-state index contributed by atoms with van der Waals surface area (Å²) in [7, 11) is 0. The fourth-order valence-electron chi connectivity index (χ4n) is 1.88. The van der Waals surface area contributed by atoms with E-state index in [1.807, 2.05) is 18.2 Å². The van der Waals surface area contributed by atoms with Gasteiger partial charge in [-0.2, -0.15) is 0 Å². The van der Waals surface area contributed by atoms with E-state index in [0.717, 1.165) is 0 Å². The lowest BCUT2D eigenvalue weighted by Gasteiger charge is -2.28. The summed E-state index contributed by atoms with van der Waals surface area (Å²) in [6, 6.07) is 16.1. The maximum absolute atomic E-state index is 11.6. The third kappa shape index (κ3) is 2.88. The molecule has 0 aliphatic heterocycles. The van der Waals surface area contributed by atoms with E-state index in [0.29, 0.717) is 16.3 Å². The molecule has 0 saturated carbocycles. The van der Waals surface area contributed by atoms with Crippen molar-refractivity contribution in [3.63, 3.8) is 0 Å². The molecule has 1 atom stereocenters. The largest absolute Gasteiger partial charge is 0.479 e. The second-order valence-electron chi connectivity index (χ2n) is 4.43. The van der Waals surface area contributed by atoms with E-state index in [9.17, 15) is 9.90 Å². The summed E-state index contributed by atoms with van der Waals surface area (Å²) in [6.07, 6.45) is 0. The highest BCUT2D eigenvalue weighted by Crippen LogP contribution is 2.27. The average molecular weight is 276 g/mol. The molecule has 0 aliphatic rings. The third-order valence-corrected chi connectivity index (χ3v) is 3.23. The number of rotatable bonds is 4. The number of halogens is 1. The van der Waals surface area contributed by atoms with Gasteiger partial charge in [0.25, 0.3) is 0 Å². The van der Waals surface area contributed by atoms with Gasteiger partial charge in [-0.25, -0.2) is 4.79 Å². The lowest BCUT2D eigenvalue weighted by molar-refractivity contribution is -0.142. The van der Waals surface area contributed by atoms with Crippen LogP contribution in [0.3, 0.4) is 0 Å². The fourth-order valence-corrected chi connectivity index (χ4v) is 2.07. The molecule has 0 aromatic heterocycles. The van der Waals surface area contributed by atoms with Crippen LogP contribution in [0.5, 0.6) is 0 Å². The van der Waals surface area contributed by atoms with Gasteiger partial charge < -0.3 is 10.4 Å². The molecule has 0 heterocycles. The summed E-state index contributed by atoms with van der Waals surface area (Å²) in [6.45, 7) is 1.63. The maximum Gasteiger partial charge on any atom is 0.333 e. The molecule has 0 radical (unpaired) electrons. The number of anilines is 1. The van der Waals surface area contributed by atoms with E-state index >= 15 is 0 Å². The summed E-state index contributed by atoms with van der Waals surface area (Å²) in [4.78, 5) is 11.6. The number of carboxylic acid groups (broad SMARTS) is 1. The van der Waals surface area contributed by atoms with E-state index in [4.69, 9.17) is 11.6 Å². The van der Waals surface area contributed by atoms with Crippen molar-refractivity contribution in [2.75, 3.05) is 5.32 Å². The third-order valence-electron chi connectivity index (χ3n) is 3.00. The van der Waals surface area contributed by atoms with Crippen LogP contribution in [-0.2, 0) is 10.3 Å². The SMILES string of the molecule is CC(Nc1cccc(Cl)c1)(C(=O)O)c1ccccc1. The van der Waals surface area contributed by atoms with Crippen LogP contribution in [0.1, 0.15) is 12.5 Å². The van der Waals surface area contributed by atoms with Gasteiger partial charge in [-0.1, -0.05) is 48.0 Å². The Morgan fingerprint density at radius 3 is 2.42 bits per heavy atom. The zero-order valence-corrected chi connectivity index (χ0v) is 11.2. The number of benzene rings is 2. The van der Waals surface area contributed by atoms with E-state index in [1.165, 1.54) is 0 Å². The summed E-state index contributed by atoms with van der Waals surface area (Å²) < 4.78 is 0. The highest BCUT2D eigenvalue weighted by atomic mass is 35.5. The van der Waals surface area contributed by atoms with Crippen LogP contribution in [0.4, 0.5) is 5.69 Å². The Hall–Kier alpha value is -2.00. The molecule has 2 N–H and O–H groups in total. The van der Waals surface area contributed by atoms with Gasteiger partial charge in [0.2, 0.25) is 0 Å². The summed E-state index contributed by atoms with van der Waals surface area (Å²) in [5.74, 6) is -0.946. The molecular weight excluding hydrogens is 262 g/mol. The zero-order valence-electron chi connectivity index (χ0n) is 10.4. The predicted octanol–water partition coefficient (Wildman–Crippen LogP) is 3.75. The molecule has 1 unspecified atom stereocenters. The second-order valence-corrected chi connectivity index (χ2v) is 4.87. The number of carbonyl (C=O) groups is 1. The van der Waals surface area contributed by atoms with Gasteiger partial charge in [-0.05, 0) is 30.7 Å². The molecule has 3 nitrogen and oxygen atoms in total. The van der Waals surface area contributed by atoms with E-state index in [-0.39, 0.29) is 0 Å². The minimum Gasteiger partial charge on any atom is -0.479 e. The standard InChI is InChI=1S/C15H14ClNO2/c1-15(14(18)19,11-6-3-2-4-7-11)17-13-9-5-8-12(16)10-13/h2-10,17H,1H3,(H,18,19). The molecule has 4 heteroatoms. The van der Waals surface area contributed by atoms with E-state index in [1.54, 1.807) is 43.3 Å². The summed E-state index contributed by atoms with van der Waals surface area (Å²) >= 11 is 5.91. The summed E-state index contributed by atoms with van der Waals surface area (Å²) in [5, 5.41) is 13.1. The van der Waals surface area contributed by atoms with Crippen LogP contribution < -0.4 is 5.32 Å². The van der Waals surface area contributed by atoms with Crippen molar-refractivity contribution >= 4 is 23.3 Å². The molecule has 0 amide bonds. The normalized spacial score (nSPS) is 13.6. The van der Waals surface area contributed by atoms with Gasteiger partial charge in [0.15, 0.2) is 5.54 Å². The van der Waals surface area contributed by atoms with Gasteiger partial charge in [-0.15, -0.1) is 0 Å². The molecule has 2 rings (SSSR count). The topological polar surface area (TPSA) is 49.3 Å². The van der Waals surface area contributed by atoms with Crippen molar-refractivity contribution in [1.82, 2.24) is 0 Å². The lowest BCUT2D eigenvalue weighted by atomic mass is 9.92. The first-order valence-corrected chi connectivity index (χ1v) is 6.23. The summed E-state index contributed by atoms with van der Waals surface area (Å²) in [5.41, 5.74) is 0.148. The van der Waals surface area contributed by atoms with Crippen LogP contribution in [0, 0.1) is 0 Å². The van der Waals surface area contributed by atoms with Crippen molar-refractivity contribution in [2.45, 2.75) is 12.5 Å². The van der Waals surface area contributed by atoms with Crippen molar-refractivity contribution in [3.05, 3.63) is 65.2 Å². The molecule has 19 heavy (non-hydrogen) atoms. The number of carboxylic acids is 1. The van der Waals surface area contributed by atoms with Gasteiger partial charge in [0, 0.05) is 10.7 Å². The van der Waals surface area contributed by atoms with Crippen LogP contribution in [-0.4, -0.2) is 11.1 Å². The lowest BCUT2D eigenvalue weighted by Crippen LogP contribution is -2.40. The molecule has 0 aliphatic carbocycles. The highest BCUT2D eigenvalue weighted by Gasteiger charge is 2.34. The smallest absolute Gasteiger partial charge is 0.333 e. The minimum atomic E-state index is -1.20. The van der Waals surface area contributed by atoms with Gasteiger partial charge >= 0.3 is 5.97 Å². The first kappa shape index (κ1) is 13.4. The van der Waals surface area contributed by atoms with Crippen molar-refractivity contribution in [3.8, 4) is 0 Å². The van der Waals surface area contributed by atoms with E-state index in [2.05, 4.69) is 5.32 Å². The Balaban J connectivity index is 2.39. The predicted molar refractivity (Wildman–Crippen MR) is 76.5 cm³/mol.